The zero-order chi connectivity index (χ0) is 20.6. The van der Waals surface area contributed by atoms with Gasteiger partial charge >= 0.3 is 0 Å². The lowest BCUT2D eigenvalue weighted by Crippen LogP contribution is -2.55. The van der Waals surface area contributed by atoms with Gasteiger partial charge in [-0.3, -0.25) is 9.69 Å². The molecule has 0 aromatic heterocycles. The van der Waals surface area contributed by atoms with Gasteiger partial charge in [-0.2, -0.15) is 0 Å². The summed E-state index contributed by atoms with van der Waals surface area (Å²) < 4.78 is 1.94. The molecule has 2 atom stereocenters. The van der Waals surface area contributed by atoms with Crippen LogP contribution in [-0.2, 0) is 0 Å². The van der Waals surface area contributed by atoms with Gasteiger partial charge in [-0.15, -0.1) is 0 Å². The summed E-state index contributed by atoms with van der Waals surface area (Å²) in [6.07, 6.45) is 13.9. The van der Waals surface area contributed by atoms with Gasteiger partial charge in [-0.25, -0.2) is 0 Å². The summed E-state index contributed by atoms with van der Waals surface area (Å²) in [4.78, 5) is 18.6. The fourth-order valence-corrected chi connectivity index (χ4v) is 5.74. The van der Waals surface area contributed by atoms with Gasteiger partial charge in [0.05, 0.1) is 0 Å². The lowest BCUT2D eigenvalue weighted by molar-refractivity contribution is 0.0388. The summed E-state index contributed by atoms with van der Waals surface area (Å²) in [5, 5.41) is 0. The van der Waals surface area contributed by atoms with Crippen LogP contribution in [0.4, 0.5) is 0 Å². The maximum absolute atomic E-state index is 13.7. The van der Waals surface area contributed by atoms with Gasteiger partial charge in [0, 0.05) is 33.1 Å². The lowest BCUT2D eigenvalue weighted by atomic mass is 9.93. The van der Waals surface area contributed by atoms with Crippen molar-refractivity contribution in [2.45, 2.75) is 89.6 Å². The van der Waals surface area contributed by atoms with E-state index in [1.807, 2.05) is 18.2 Å². The summed E-state index contributed by atoms with van der Waals surface area (Å²) in [7, 11) is 0. The van der Waals surface area contributed by atoms with Crippen LogP contribution in [0, 0.1) is 0 Å². The van der Waals surface area contributed by atoms with E-state index in [0.29, 0.717) is 12.1 Å². The number of hydrogen-bond acceptors (Lipinski definition) is 2. The summed E-state index contributed by atoms with van der Waals surface area (Å²) >= 11 is 7.11. The highest BCUT2D eigenvalue weighted by Crippen LogP contribution is 2.30. The molecule has 3 rings (SSSR count). The fraction of sp³-hybridized carbons (Fsp3) is 0.708. The third-order valence-electron chi connectivity index (χ3n) is 6.60. The van der Waals surface area contributed by atoms with E-state index in [9.17, 15) is 4.79 Å². The standard InChI is InChI=1S/C24H36Br2N2O/c1-2-15-28(24(29)19-13-14-20(25)21(26)18-19)23-12-8-5-3-4-7-11-22(23)27-16-9-6-10-17-27/h13-14,18,22-23H,2-12,15-17H2,1H3. The first-order valence-corrected chi connectivity index (χ1v) is 13.2. The van der Waals surface area contributed by atoms with Crippen molar-refractivity contribution in [3.63, 3.8) is 0 Å². The van der Waals surface area contributed by atoms with Gasteiger partial charge < -0.3 is 4.90 Å². The summed E-state index contributed by atoms with van der Waals surface area (Å²) in [6.45, 7) is 5.46. The monoisotopic (exact) mass is 526 g/mol. The van der Waals surface area contributed by atoms with Crippen molar-refractivity contribution in [3.8, 4) is 0 Å². The van der Waals surface area contributed by atoms with Crippen LogP contribution < -0.4 is 0 Å². The van der Waals surface area contributed by atoms with Crippen LogP contribution in [0.2, 0.25) is 0 Å². The van der Waals surface area contributed by atoms with Crippen molar-refractivity contribution in [3.05, 3.63) is 32.7 Å². The largest absolute Gasteiger partial charge is 0.334 e. The number of halogens is 2. The van der Waals surface area contributed by atoms with E-state index >= 15 is 0 Å². The summed E-state index contributed by atoms with van der Waals surface area (Å²) in [6, 6.07) is 6.77. The van der Waals surface area contributed by atoms with Crippen LogP contribution in [0.25, 0.3) is 0 Å². The fourth-order valence-electron chi connectivity index (χ4n) is 5.12. The number of benzene rings is 1. The number of amides is 1. The lowest BCUT2D eigenvalue weighted by Gasteiger charge is -2.44. The quantitative estimate of drug-likeness (QED) is 0.410. The van der Waals surface area contributed by atoms with Gasteiger partial charge in [0.2, 0.25) is 0 Å². The minimum absolute atomic E-state index is 0.200. The molecule has 1 saturated carbocycles. The van der Waals surface area contributed by atoms with Crippen LogP contribution in [0.1, 0.15) is 87.9 Å². The Morgan fingerprint density at radius 2 is 1.62 bits per heavy atom. The van der Waals surface area contributed by atoms with Crippen molar-refractivity contribution in [1.82, 2.24) is 9.80 Å². The predicted octanol–water partition coefficient (Wildman–Crippen LogP) is 7.03. The smallest absolute Gasteiger partial charge is 0.254 e. The average molecular weight is 528 g/mol. The second kappa shape index (κ2) is 11.9. The predicted molar refractivity (Wildman–Crippen MR) is 128 cm³/mol. The van der Waals surface area contributed by atoms with Crippen molar-refractivity contribution in [1.29, 1.82) is 0 Å². The highest BCUT2D eigenvalue weighted by atomic mass is 79.9. The molecule has 5 heteroatoms. The van der Waals surface area contributed by atoms with Gasteiger partial charge in [0.15, 0.2) is 0 Å². The van der Waals surface area contributed by atoms with Gasteiger partial charge in [-0.1, -0.05) is 45.4 Å². The van der Waals surface area contributed by atoms with Gasteiger partial charge in [0.1, 0.15) is 0 Å². The number of carbonyl (C=O) groups is 1. The summed E-state index contributed by atoms with van der Waals surface area (Å²) in [5.41, 5.74) is 0.797. The van der Waals surface area contributed by atoms with Crippen molar-refractivity contribution in [2.75, 3.05) is 19.6 Å². The molecule has 0 radical (unpaired) electrons. The zero-order valence-electron chi connectivity index (χ0n) is 17.8. The number of hydrogen-bond donors (Lipinski definition) is 0. The molecule has 1 heterocycles. The average Bonchev–Trinajstić information content (AvgIpc) is 2.86. The Bertz CT molecular complexity index is 660. The minimum atomic E-state index is 0.200. The molecule has 29 heavy (non-hydrogen) atoms. The third-order valence-corrected chi connectivity index (χ3v) is 8.48. The molecule has 2 fully saturated rings. The Kier molecular flexibility index (Phi) is 9.52. The highest BCUT2D eigenvalue weighted by molar-refractivity contribution is 9.13. The Morgan fingerprint density at radius 1 is 0.966 bits per heavy atom. The van der Waals surface area contributed by atoms with Gasteiger partial charge in [0.25, 0.3) is 5.91 Å². The molecular formula is C24H36Br2N2O. The summed E-state index contributed by atoms with van der Waals surface area (Å²) in [5.74, 6) is 0.200. The molecule has 2 aliphatic rings. The van der Waals surface area contributed by atoms with Gasteiger partial charge in [-0.05, 0) is 95.3 Å². The molecule has 0 N–H and O–H groups in total. The molecule has 162 valence electrons. The molecule has 2 unspecified atom stereocenters. The first-order valence-electron chi connectivity index (χ1n) is 11.6. The number of carbonyl (C=O) groups excluding carboxylic acids is 1. The van der Waals surface area contributed by atoms with E-state index in [-0.39, 0.29) is 5.91 Å². The van der Waals surface area contributed by atoms with E-state index < -0.39 is 0 Å². The second-order valence-electron chi connectivity index (χ2n) is 8.70. The van der Waals surface area contributed by atoms with Crippen LogP contribution in [-0.4, -0.2) is 47.4 Å². The van der Waals surface area contributed by atoms with E-state index in [0.717, 1.165) is 33.9 Å². The highest BCUT2D eigenvalue weighted by Gasteiger charge is 2.35. The molecule has 1 aromatic carbocycles. The Hall–Kier alpha value is -0.390. The normalized spacial score (nSPS) is 24.4. The van der Waals surface area contributed by atoms with Crippen LogP contribution in [0.15, 0.2) is 27.1 Å². The van der Waals surface area contributed by atoms with E-state index in [1.165, 1.54) is 70.9 Å². The van der Waals surface area contributed by atoms with Crippen LogP contribution in [0.5, 0.6) is 0 Å². The number of piperidine rings is 1. The molecule has 1 aromatic rings. The van der Waals surface area contributed by atoms with Crippen molar-refractivity contribution < 1.29 is 4.79 Å². The number of likely N-dealkylation sites (tertiary alicyclic amines) is 1. The first-order chi connectivity index (χ1) is 14.1. The Balaban J connectivity index is 1.89. The SMILES string of the molecule is CCCN(C(=O)c1ccc(Br)c(Br)c1)C1CCCCCCCC1N1CCCCC1. The van der Waals surface area contributed by atoms with Crippen LogP contribution >= 0.6 is 31.9 Å². The Labute approximate surface area is 193 Å². The number of rotatable bonds is 5. The van der Waals surface area contributed by atoms with Crippen LogP contribution in [0.3, 0.4) is 0 Å². The third kappa shape index (κ3) is 6.30. The number of nitrogens with zero attached hydrogens (tertiary/aromatic N) is 2. The van der Waals surface area contributed by atoms with Crippen molar-refractivity contribution >= 4 is 37.8 Å². The van der Waals surface area contributed by atoms with E-state index in [4.69, 9.17) is 0 Å². The molecule has 0 spiro atoms. The molecule has 1 amide bonds. The first kappa shape index (κ1) is 23.3. The Morgan fingerprint density at radius 3 is 2.31 bits per heavy atom. The second-order valence-corrected chi connectivity index (χ2v) is 10.4. The van der Waals surface area contributed by atoms with Crippen molar-refractivity contribution in [2.24, 2.45) is 0 Å². The van der Waals surface area contributed by atoms with E-state index in [2.05, 4.69) is 48.6 Å². The van der Waals surface area contributed by atoms with E-state index in [1.54, 1.807) is 0 Å². The molecule has 0 bridgehead atoms. The minimum Gasteiger partial charge on any atom is -0.334 e. The maximum atomic E-state index is 13.7. The molecular weight excluding hydrogens is 492 g/mol. The molecule has 3 nitrogen and oxygen atoms in total. The molecule has 1 aliphatic heterocycles. The maximum Gasteiger partial charge on any atom is 0.254 e. The zero-order valence-corrected chi connectivity index (χ0v) is 21.0. The molecule has 1 aliphatic carbocycles. The topological polar surface area (TPSA) is 23.6 Å². The molecule has 1 saturated heterocycles.